The Balaban J connectivity index is 1.29. The maximum atomic E-state index is 15.3. The number of nitrogens with one attached hydrogen (secondary N) is 1. The molecule has 0 bridgehead atoms. The summed E-state index contributed by atoms with van der Waals surface area (Å²) < 4.78 is 15.3. The molecule has 0 spiro atoms. The van der Waals surface area contributed by atoms with Gasteiger partial charge in [0.15, 0.2) is 5.82 Å². The highest BCUT2D eigenvalue weighted by Crippen LogP contribution is 2.34. The SMILES string of the molecule is CC1N=CN(c2cnc(C(=O)N(C3CC3)[C@@H]3CCN(c4ncc(Cl)cn4)CC3F)cn2)N1. The number of hydrazine groups is 1. The highest BCUT2D eigenvalue weighted by molar-refractivity contribution is 6.30. The summed E-state index contributed by atoms with van der Waals surface area (Å²) in [5.74, 6) is 0.689. The number of rotatable bonds is 5. The minimum absolute atomic E-state index is 0.0405. The third kappa shape index (κ3) is 4.22. The van der Waals surface area contributed by atoms with Crippen LogP contribution in [-0.2, 0) is 0 Å². The summed E-state index contributed by atoms with van der Waals surface area (Å²) in [4.78, 5) is 38.0. The van der Waals surface area contributed by atoms with Crippen molar-refractivity contribution >= 4 is 35.6 Å². The van der Waals surface area contributed by atoms with Gasteiger partial charge < -0.3 is 9.80 Å². The van der Waals surface area contributed by atoms with Crippen molar-refractivity contribution in [2.24, 2.45) is 4.99 Å². The molecule has 2 aromatic rings. The molecule has 1 aliphatic carbocycles. The summed E-state index contributed by atoms with van der Waals surface area (Å²) in [5, 5.41) is 2.08. The van der Waals surface area contributed by atoms with Gasteiger partial charge in [-0.05, 0) is 26.2 Å². The number of alkyl halides is 1. The number of carbonyl (C=O) groups is 1. The molecule has 1 amide bonds. The number of carbonyl (C=O) groups excluding carboxylic acids is 1. The quantitative estimate of drug-likeness (QED) is 0.722. The van der Waals surface area contributed by atoms with E-state index in [4.69, 9.17) is 11.6 Å². The van der Waals surface area contributed by atoms with E-state index in [1.54, 1.807) is 21.1 Å². The van der Waals surface area contributed by atoms with Gasteiger partial charge in [0, 0.05) is 12.6 Å². The van der Waals surface area contributed by atoms with Crippen molar-refractivity contribution in [1.82, 2.24) is 30.3 Å². The van der Waals surface area contributed by atoms with Crippen molar-refractivity contribution in [2.75, 3.05) is 23.0 Å². The number of hydrogen-bond acceptors (Lipinski definition) is 9. The molecule has 10 nitrogen and oxygen atoms in total. The number of piperidine rings is 1. The molecule has 1 saturated carbocycles. The van der Waals surface area contributed by atoms with Crippen molar-refractivity contribution in [3.63, 3.8) is 0 Å². The third-order valence-corrected chi connectivity index (χ3v) is 5.96. The fourth-order valence-corrected chi connectivity index (χ4v) is 4.14. The lowest BCUT2D eigenvalue weighted by Crippen LogP contribution is -2.55. The molecular formula is C20H23ClFN9O. The second kappa shape index (κ2) is 8.55. The molecule has 2 unspecified atom stereocenters. The summed E-state index contributed by atoms with van der Waals surface area (Å²) in [7, 11) is 0. The van der Waals surface area contributed by atoms with E-state index in [0.29, 0.717) is 29.8 Å². The van der Waals surface area contributed by atoms with Crippen molar-refractivity contribution in [3.8, 4) is 0 Å². The van der Waals surface area contributed by atoms with E-state index in [1.165, 1.54) is 24.8 Å². The average molecular weight is 460 g/mol. The van der Waals surface area contributed by atoms with Gasteiger partial charge in [-0.2, -0.15) is 0 Å². The molecule has 0 radical (unpaired) electrons. The Hall–Kier alpha value is -2.92. The van der Waals surface area contributed by atoms with Crippen LogP contribution in [-0.4, -0.2) is 74.6 Å². The zero-order chi connectivity index (χ0) is 22.2. The Morgan fingerprint density at radius 1 is 1.16 bits per heavy atom. The molecule has 168 valence electrons. The number of aromatic nitrogens is 4. The Morgan fingerprint density at radius 2 is 1.94 bits per heavy atom. The predicted octanol–water partition coefficient (Wildman–Crippen LogP) is 1.84. The Morgan fingerprint density at radius 3 is 2.53 bits per heavy atom. The third-order valence-electron chi connectivity index (χ3n) is 5.76. The zero-order valence-corrected chi connectivity index (χ0v) is 18.2. The Kier molecular flexibility index (Phi) is 5.60. The molecule has 5 rings (SSSR count). The monoisotopic (exact) mass is 459 g/mol. The maximum absolute atomic E-state index is 15.3. The molecule has 1 saturated heterocycles. The van der Waals surface area contributed by atoms with E-state index >= 15 is 4.39 Å². The first-order valence-electron chi connectivity index (χ1n) is 10.6. The van der Waals surface area contributed by atoms with Crippen LogP contribution in [0.3, 0.4) is 0 Å². The van der Waals surface area contributed by atoms with Crippen molar-refractivity contribution in [2.45, 2.75) is 50.6 Å². The van der Waals surface area contributed by atoms with Crippen molar-refractivity contribution in [3.05, 3.63) is 35.5 Å². The van der Waals surface area contributed by atoms with Gasteiger partial charge >= 0.3 is 0 Å². The number of anilines is 2. The summed E-state index contributed by atoms with van der Waals surface area (Å²) in [6, 6.07) is -0.480. The van der Waals surface area contributed by atoms with Gasteiger partial charge in [-0.15, -0.1) is 0 Å². The van der Waals surface area contributed by atoms with Crippen LogP contribution in [0.5, 0.6) is 0 Å². The van der Waals surface area contributed by atoms with E-state index in [0.717, 1.165) is 12.8 Å². The lowest BCUT2D eigenvalue weighted by atomic mass is 10.0. The van der Waals surface area contributed by atoms with Crippen molar-refractivity contribution in [1.29, 1.82) is 0 Å². The lowest BCUT2D eigenvalue weighted by Gasteiger charge is -2.40. The molecular weight excluding hydrogens is 437 g/mol. The fourth-order valence-electron chi connectivity index (χ4n) is 4.04. The zero-order valence-electron chi connectivity index (χ0n) is 17.5. The first kappa shape index (κ1) is 21.0. The molecule has 0 aromatic carbocycles. The van der Waals surface area contributed by atoms with E-state index in [9.17, 15) is 4.79 Å². The molecule has 3 atom stereocenters. The minimum atomic E-state index is -1.23. The number of hydrogen-bond donors (Lipinski definition) is 1. The average Bonchev–Trinajstić information content (AvgIpc) is 3.54. The normalized spacial score (nSPS) is 25.3. The molecule has 3 aliphatic rings. The van der Waals surface area contributed by atoms with E-state index < -0.39 is 12.2 Å². The van der Waals surface area contributed by atoms with Gasteiger partial charge in [-0.1, -0.05) is 11.6 Å². The Bertz CT molecular complexity index is 1000. The van der Waals surface area contributed by atoms with Crippen LogP contribution in [0.25, 0.3) is 0 Å². The second-order valence-electron chi connectivity index (χ2n) is 8.16. The molecule has 12 heteroatoms. The van der Waals surface area contributed by atoms with Crippen LogP contribution in [0.15, 0.2) is 29.8 Å². The predicted molar refractivity (Wildman–Crippen MR) is 117 cm³/mol. The van der Waals surface area contributed by atoms with Crippen LogP contribution in [0.4, 0.5) is 16.2 Å². The van der Waals surface area contributed by atoms with Gasteiger partial charge in [-0.25, -0.2) is 34.8 Å². The van der Waals surface area contributed by atoms with E-state index in [2.05, 4.69) is 30.4 Å². The summed E-state index contributed by atoms with van der Waals surface area (Å²) in [6.07, 6.45) is 8.52. The summed E-state index contributed by atoms with van der Waals surface area (Å²) in [5.41, 5.74) is 3.30. The summed E-state index contributed by atoms with van der Waals surface area (Å²) >= 11 is 5.85. The van der Waals surface area contributed by atoms with Gasteiger partial charge in [0.1, 0.15) is 24.4 Å². The summed E-state index contributed by atoms with van der Waals surface area (Å²) in [6.45, 7) is 2.57. The molecule has 32 heavy (non-hydrogen) atoms. The highest BCUT2D eigenvalue weighted by Gasteiger charge is 2.44. The standard InChI is InChI=1S/C20H23ClFN9O/c1-12-27-11-30(28-12)18-9-23-16(8-24-18)19(32)31(14-2-3-14)17-4-5-29(10-15(17)22)20-25-6-13(21)7-26-20/h6-9,11-12,14-15,17,28H,2-5,10H2,1H3/t12?,15?,17-/m1/s1. The molecule has 2 aromatic heterocycles. The van der Waals surface area contributed by atoms with Gasteiger partial charge in [0.05, 0.1) is 42.4 Å². The van der Waals surface area contributed by atoms with Gasteiger partial charge in [-0.3, -0.25) is 9.79 Å². The first-order valence-corrected chi connectivity index (χ1v) is 11.0. The largest absolute Gasteiger partial charge is 0.338 e. The number of amides is 1. The number of nitrogens with zero attached hydrogens (tertiary/aromatic N) is 8. The van der Waals surface area contributed by atoms with E-state index in [-0.39, 0.29) is 30.4 Å². The number of aliphatic imine (C=N–C) groups is 1. The molecule has 2 aliphatic heterocycles. The topological polar surface area (TPSA) is 103 Å². The second-order valence-corrected chi connectivity index (χ2v) is 8.60. The minimum Gasteiger partial charge on any atom is -0.338 e. The molecule has 1 N–H and O–H groups in total. The van der Waals surface area contributed by atoms with Crippen molar-refractivity contribution < 1.29 is 9.18 Å². The maximum Gasteiger partial charge on any atom is 0.274 e. The molecule has 2 fully saturated rings. The smallest absolute Gasteiger partial charge is 0.274 e. The van der Waals surface area contributed by atoms with Gasteiger partial charge in [0.2, 0.25) is 5.95 Å². The highest BCUT2D eigenvalue weighted by atomic mass is 35.5. The van der Waals surface area contributed by atoms with Crippen LogP contribution in [0.1, 0.15) is 36.7 Å². The van der Waals surface area contributed by atoms with Crippen LogP contribution in [0.2, 0.25) is 5.02 Å². The Labute approximate surface area is 189 Å². The lowest BCUT2D eigenvalue weighted by molar-refractivity contribution is 0.0480. The van der Waals surface area contributed by atoms with Crippen LogP contribution < -0.4 is 15.3 Å². The fraction of sp³-hybridized carbons (Fsp3) is 0.500. The van der Waals surface area contributed by atoms with Gasteiger partial charge in [0.25, 0.3) is 5.91 Å². The first-order chi connectivity index (χ1) is 15.5. The number of halogens is 2. The molecule has 4 heterocycles. The van der Waals surface area contributed by atoms with Crippen LogP contribution >= 0.6 is 11.6 Å². The van der Waals surface area contributed by atoms with Crippen LogP contribution in [0, 0.1) is 0 Å². The van der Waals surface area contributed by atoms with E-state index in [1.807, 2.05) is 6.92 Å².